The van der Waals surface area contributed by atoms with Gasteiger partial charge in [0.05, 0.1) is 13.0 Å². The van der Waals surface area contributed by atoms with E-state index in [-0.39, 0.29) is 0 Å². The van der Waals surface area contributed by atoms with Crippen molar-refractivity contribution in [2.24, 2.45) is 5.92 Å². The minimum atomic E-state index is -0.772. The smallest absolute Gasteiger partial charge is 0.306 e. The molecular formula is C20H22O3. The van der Waals surface area contributed by atoms with E-state index in [2.05, 4.69) is 12.1 Å². The van der Waals surface area contributed by atoms with Crippen LogP contribution < -0.4 is 4.74 Å². The zero-order valence-corrected chi connectivity index (χ0v) is 13.7. The summed E-state index contributed by atoms with van der Waals surface area (Å²) in [6, 6.07) is 17.9. The van der Waals surface area contributed by atoms with Crippen LogP contribution in [0.15, 0.2) is 60.2 Å². The first-order valence-electron chi connectivity index (χ1n) is 7.65. The molecule has 0 aliphatic rings. The predicted octanol–water partition coefficient (Wildman–Crippen LogP) is 4.63. The Morgan fingerprint density at radius 2 is 1.61 bits per heavy atom. The second-order valence-corrected chi connectivity index (χ2v) is 5.69. The van der Waals surface area contributed by atoms with Crippen LogP contribution in [-0.2, 0) is 4.79 Å². The molecule has 3 heteroatoms. The number of allylic oxidation sites excluding steroid dienone is 1. The van der Waals surface area contributed by atoms with E-state index in [1.165, 1.54) is 0 Å². The molecular weight excluding hydrogens is 288 g/mol. The molecule has 0 radical (unpaired) electrons. The molecule has 0 saturated heterocycles. The maximum atomic E-state index is 11.2. The van der Waals surface area contributed by atoms with Gasteiger partial charge >= 0.3 is 5.97 Å². The summed E-state index contributed by atoms with van der Waals surface area (Å²) >= 11 is 0. The largest absolute Gasteiger partial charge is 0.497 e. The van der Waals surface area contributed by atoms with Crippen LogP contribution in [0.2, 0.25) is 0 Å². The van der Waals surface area contributed by atoms with Gasteiger partial charge in [0, 0.05) is 0 Å². The van der Waals surface area contributed by atoms with Crippen molar-refractivity contribution >= 4 is 11.5 Å². The van der Waals surface area contributed by atoms with Gasteiger partial charge in [-0.3, -0.25) is 4.79 Å². The highest BCUT2D eigenvalue weighted by molar-refractivity contribution is 5.82. The van der Waals surface area contributed by atoms with Gasteiger partial charge in [0.15, 0.2) is 0 Å². The molecule has 0 saturated carbocycles. The van der Waals surface area contributed by atoms with Crippen LogP contribution in [0.3, 0.4) is 0 Å². The standard InChI is InChI=1S/C20H22O3/c1-14(13-15(2)20(21)22)19(16-7-5-4-6-8-16)17-9-11-18(23-3)12-10-17/h4-12,15H,13H2,1-3H3,(H,21,22)/b19-14+. The molecule has 0 aliphatic heterocycles. The number of hydrogen-bond donors (Lipinski definition) is 1. The van der Waals surface area contributed by atoms with Crippen LogP contribution >= 0.6 is 0 Å². The summed E-state index contributed by atoms with van der Waals surface area (Å²) in [6.45, 7) is 3.74. The topological polar surface area (TPSA) is 46.5 Å². The Morgan fingerprint density at radius 1 is 1.04 bits per heavy atom. The number of benzene rings is 2. The summed E-state index contributed by atoms with van der Waals surface area (Å²) < 4.78 is 5.22. The van der Waals surface area contributed by atoms with Crippen molar-refractivity contribution in [2.45, 2.75) is 20.3 Å². The highest BCUT2D eigenvalue weighted by Gasteiger charge is 2.15. The monoisotopic (exact) mass is 310 g/mol. The lowest BCUT2D eigenvalue weighted by molar-refractivity contribution is -0.141. The number of carboxylic acid groups (broad SMARTS) is 1. The zero-order chi connectivity index (χ0) is 16.8. The Kier molecular flexibility index (Phi) is 5.58. The molecule has 0 bridgehead atoms. The van der Waals surface area contributed by atoms with Gasteiger partial charge in [-0.1, -0.05) is 55.0 Å². The van der Waals surface area contributed by atoms with Crippen molar-refractivity contribution in [3.8, 4) is 5.75 Å². The molecule has 1 atom stereocenters. The quantitative estimate of drug-likeness (QED) is 0.846. The molecule has 2 aromatic rings. The van der Waals surface area contributed by atoms with E-state index in [1.54, 1.807) is 14.0 Å². The lowest BCUT2D eigenvalue weighted by atomic mass is 9.89. The van der Waals surface area contributed by atoms with Gasteiger partial charge in [0.2, 0.25) is 0 Å². The number of carbonyl (C=O) groups is 1. The highest BCUT2D eigenvalue weighted by atomic mass is 16.5. The Bertz CT molecular complexity index is 685. The van der Waals surface area contributed by atoms with E-state index in [0.717, 1.165) is 28.0 Å². The Hall–Kier alpha value is -2.55. The van der Waals surface area contributed by atoms with Gasteiger partial charge in [0.25, 0.3) is 0 Å². The van der Waals surface area contributed by atoms with Gasteiger partial charge in [-0.15, -0.1) is 0 Å². The first kappa shape index (κ1) is 16.8. The fraction of sp³-hybridized carbons (Fsp3) is 0.250. The van der Waals surface area contributed by atoms with Crippen LogP contribution in [0, 0.1) is 5.92 Å². The van der Waals surface area contributed by atoms with Gasteiger partial charge in [0.1, 0.15) is 5.75 Å². The lowest BCUT2D eigenvalue weighted by Gasteiger charge is -2.16. The molecule has 1 N–H and O–H groups in total. The average Bonchev–Trinajstić information content (AvgIpc) is 2.56. The van der Waals surface area contributed by atoms with Crippen molar-refractivity contribution in [2.75, 3.05) is 7.11 Å². The van der Waals surface area contributed by atoms with Crippen molar-refractivity contribution < 1.29 is 14.6 Å². The minimum absolute atomic E-state index is 0.410. The molecule has 0 heterocycles. The summed E-state index contributed by atoms with van der Waals surface area (Å²) in [5, 5.41) is 9.18. The summed E-state index contributed by atoms with van der Waals surface area (Å²) in [5.41, 5.74) is 4.30. The second-order valence-electron chi connectivity index (χ2n) is 5.69. The predicted molar refractivity (Wildman–Crippen MR) is 92.5 cm³/mol. The Labute approximate surface area is 137 Å². The summed E-state index contributed by atoms with van der Waals surface area (Å²) in [5.74, 6) is -0.379. The van der Waals surface area contributed by atoms with Crippen LogP contribution in [-0.4, -0.2) is 18.2 Å². The summed E-state index contributed by atoms with van der Waals surface area (Å²) in [7, 11) is 1.64. The molecule has 0 aromatic heterocycles. The maximum Gasteiger partial charge on any atom is 0.306 e. The molecule has 0 aliphatic carbocycles. The number of aliphatic carboxylic acids is 1. The number of rotatable bonds is 6. The molecule has 120 valence electrons. The zero-order valence-electron chi connectivity index (χ0n) is 13.7. The Balaban J connectivity index is 2.49. The van der Waals surface area contributed by atoms with Crippen molar-refractivity contribution in [3.05, 3.63) is 71.3 Å². The van der Waals surface area contributed by atoms with Crippen molar-refractivity contribution in [1.29, 1.82) is 0 Å². The minimum Gasteiger partial charge on any atom is -0.497 e. The Morgan fingerprint density at radius 3 is 2.13 bits per heavy atom. The lowest BCUT2D eigenvalue weighted by Crippen LogP contribution is -2.10. The number of carboxylic acids is 1. The van der Waals surface area contributed by atoms with E-state index in [0.29, 0.717) is 6.42 Å². The molecule has 2 rings (SSSR count). The van der Waals surface area contributed by atoms with Crippen molar-refractivity contribution in [3.63, 3.8) is 0 Å². The fourth-order valence-corrected chi connectivity index (χ4v) is 2.67. The van der Waals surface area contributed by atoms with E-state index >= 15 is 0 Å². The van der Waals surface area contributed by atoms with E-state index < -0.39 is 11.9 Å². The fourth-order valence-electron chi connectivity index (χ4n) is 2.67. The van der Waals surface area contributed by atoms with Crippen LogP contribution in [0.5, 0.6) is 5.75 Å². The third kappa shape index (κ3) is 4.22. The molecule has 0 fully saturated rings. The molecule has 3 nitrogen and oxygen atoms in total. The number of hydrogen-bond acceptors (Lipinski definition) is 2. The van der Waals surface area contributed by atoms with Gasteiger partial charge in [-0.25, -0.2) is 0 Å². The summed E-state index contributed by atoms with van der Waals surface area (Å²) in [6.07, 6.45) is 0.519. The first-order valence-corrected chi connectivity index (χ1v) is 7.65. The molecule has 0 amide bonds. The maximum absolute atomic E-state index is 11.2. The second kappa shape index (κ2) is 7.63. The van der Waals surface area contributed by atoms with Crippen LogP contribution in [0.4, 0.5) is 0 Å². The molecule has 0 spiro atoms. The average molecular weight is 310 g/mol. The third-order valence-electron chi connectivity index (χ3n) is 3.90. The van der Waals surface area contributed by atoms with E-state index in [9.17, 15) is 9.90 Å². The molecule has 1 unspecified atom stereocenters. The highest BCUT2D eigenvalue weighted by Crippen LogP contribution is 2.31. The van der Waals surface area contributed by atoms with Crippen LogP contribution in [0.1, 0.15) is 31.4 Å². The van der Waals surface area contributed by atoms with Crippen LogP contribution in [0.25, 0.3) is 5.57 Å². The van der Waals surface area contributed by atoms with Gasteiger partial charge < -0.3 is 9.84 Å². The van der Waals surface area contributed by atoms with Crippen molar-refractivity contribution in [1.82, 2.24) is 0 Å². The molecule has 23 heavy (non-hydrogen) atoms. The first-order chi connectivity index (χ1) is 11.0. The summed E-state index contributed by atoms with van der Waals surface area (Å²) in [4.78, 5) is 11.2. The van der Waals surface area contributed by atoms with Gasteiger partial charge in [-0.05, 0) is 42.2 Å². The van der Waals surface area contributed by atoms with E-state index in [4.69, 9.17) is 4.74 Å². The normalized spacial score (nSPS) is 13.2. The van der Waals surface area contributed by atoms with E-state index in [1.807, 2.05) is 49.4 Å². The number of ether oxygens (including phenoxy) is 1. The molecule has 2 aromatic carbocycles. The third-order valence-corrected chi connectivity index (χ3v) is 3.90. The van der Waals surface area contributed by atoms with Gasteiger partial charge in [-0.2, -0.15) is 0 Å². The SMILES string of the molecule is COc1ccc(/C(=C(\C)CC(C)C(=O)O)c2ccccc2)cc1. The number of methoxy groups -OCH3 is 1.